The van der Waals surface area contributed by atoms with E-state index in [0.717, 1.165) is 17.0 Å². The van der Waals surface area contributed by atoms with Gasteiger partial charge in [0.05, 0.1) is 35.5 Å². The van der Waals surface area contributed by atoms with Crippen LogP contribution in [0.2, 0.25) is 0 Å². The van der Waals surface area contributed by atoms with E-state index in [9.17, 15) is 9.59 Å². The number of aromatic nitrogens is 2. The maximum Gasteiger partial charge on any atom is 0.338 e. The first-order valence-corrected chi connectivity index (χ1v) is 11.4. The Kier molecular flexibility index (Phi) is 7.30. The molecule has 0 unspecified atom stereocenters. The summed E-state index contributed by atoms with van der Waals surface area (Å²) in [7, 11) is 0. The zero-order valence-corrected chi connectivity index (χ0v) is 19.9. The van der Waals surface area contributed by atoms with Gasteiger partial charge in [0.1, 0.15) is 17.3 Å². The lowest BCUT2D eigenvalue weighted by molar-refractivity contribution is -0.119. The lowest BCUT2D eigenvalue weighted by Gasteiger charge is -2.13. The van der Waals surface area contributed by atoms with Gasteiger partial charge in [-0.3, -0.25) is 9.36 Å². The number of esters is 1. The lowest BCUT2D eigenvalue weighted by Crippen LogP contribution is -2.21. The fourth-order valence-corrected chi connectivity index (χ4v) is 3.78. The molecule has 1 N–H and O–H groups in total. The summed E-state index contributed by atoms with van der Waals surface area (Å²) in [5.41, 5.74) is 3.29. The standard InChI is InChI=1S/C27H27N3O5/c1-4-33-21-12-14-25(34-5-2)23(16-21)29-26(31)17-35-27(32)19-11-13-24-22(15-19)28-18(3)30(24)20-9-7-6-8-10-20/h6-16H,4-5,17H2,1-3H3,(H,29,31). The van der Waals surface area contributed by atoms with Crippen molar-refractivity contribution < 1.29 is 23.8 Å². The molecule has 35 heavy (non-hydrogen) atoms. The minimum Gasteiger partial charge on any atom is -0.494 e. The first-order valence-electron chi connectivity index (χ1n) is 11.4. The van der Waals surface area contributed by atoms with E-state index in [4.69, 9.17) is 14.2 Å². The minimum absolute atomic E-state index is 0.316. The highest BCUT2D eigenvalue weighted by molar-refractivity contribution is 5.98. The molecule has 0 atom stereocenters. The van der Waals surface area contributed by atoms with Gasteiger partial charge >= 0.3 is 5.97 Å². The number of ether oxygens (including phenoxy) is 3. The highest BCUT2D eigenvalue weighted by Gasteiger charge is 2.16. The van der Waals surface area contributed by atoms with Gasteiger partial charge in [0.2, 0.25) is 0 Å². The molecule has 0 fully saturated rings. The molecule has 8 heteroatoms. The fraction of sp³-hybridized carbons (Fsp3) is 0.222. The van der Waals surface area contributed by atoms with Crippen LogP contribution in [0.3, 0.4) is 0 Å². The van der Waals surface area contributed by atoms with Crippen molar-refractivity contribution in [3.05, 3.63) is 78.1 Å². The first-order chi connectivity index (χ1) is 17.0. The van der Waals surface area contributed by atoms with Gasteiger partial charge in [0.15, 0.2) is 6.61 Å². The molecule has 0 saturated carbocycles. The molecule has 0 aliphatic carbocycles. The number of aryl methyl sites for hydroxylation is 1. The molecule has 180 valence electrons. The molecule has 1 aromatic heterocycles. The molecule has 0 aliphatic heterocycles. The SMILES string of the molecule is CCOc1ccc(OCC)c(NC(=O)COC(=O)c2ccc3c(c2)nc(C)n3-c2ccccc2)c1. The van der Waals surface area contributed by atoms with Crippen molar-refractivity contribution in [3.8, 4) is 17.2 Å². The Labute approximate surface area is 203 Å². The Hall–Kier alpha value is -4.33. The van der Waals surface area contributed by atoms with Gasteiger partial charge in [-0.15, -0.1) is 0 Å². The smallest absolute Gasteiger partial charge is 0.338 e. The quantitative estimate of drug-likeness (QED) is 0.347. The van der Waals surface area contributed by atoms with E-state index in [1.807, 2.05) is 61.7 Å². The fourth-order valence-electron chi connectivity index (χ4n) is 3.78. The van der Waals surface area contributed by atoms with E-state index < -0.39 is 18.5 Å². The number of para-hydroxylation sites is 1. The van der Waals surface area contributed by atoms with Crippen molar-refractivity contribution in [3.63, 3.8) is 0 Å². The largest absolute Gasteiger partial charge is 0.494 e. The third-order valence-electron chi connectivity index (χ3n) is 5.24. The van der Waals surface area contributed by atoms with E-state index in [0.29, 0.717) is 41.5 Å². The van der Waals surface area contributed by atoms with Gasteiger partial charge in [0, 0.05) is 11.8 Å². The molecule has 0 radical (unpaired) electrons. The van der Waals surface area contributed by atoms with Gasteiger partial charge < -0.3 is 19.5 Å². The van der Waals surface area contributed by atoms with Crippen LogP contribution in [0.15, 0.2) is 66.7 Å². The Morgan fingerprint density at radius 2 is 1.71 bits per heavy atom. The van der Waals surface area contributed by atoms with Crippen LogP contribution in [-0.4, -0.2) is 41.2 Å². The van der Waals surface area contributed by atoms with Crippen LogP contribution in [0.1, 0.15) is 30.0 Å². The number of anilines is 1. The lowest BCUT2D eigenvalue weighted by atomic mass is 10.2. The second-order valence-electron chi connectivity index (χ2n) is 7.68. The summed E-state index contributed by atoms with van der Waals surface area (Å²) in [4.78, 5) is 29.7. The molecule has 1 heterocycles. The van der Waals surface area contributed by atoms with Crippen molar-refractivity contribution in [2.24, 2.45) is 0 Å². The number of hydrogen-bond acceptors (Lipinski definition) is 6. The van der Waals surface area contributed by atoms with Crippen LogP contribution in [0.5, 0.6) is 11.5 Å². The maximum atomic E-state index is 12.6. The summed E-state index contributed by atoms with van der Waals surface area (Å²) in [6.45, 7) is 6.12. The van der Waals surface area contributed by atoms with Crippen LogP contribution in [-0.2, 0) is 9.53 Å². The number of rotatable bonds is 9. The van der Waals surface area contributed by atoms with Gasteiger partial charge in [0.25, 0.3) is 5.91 Å². The summed E-state index contributed by atoms with van der Waals surface area (Å²) in [6, 6.07) is 20.2. The number of nitrogens with one attached hydrogen (secondary N) is 1. The number of amides is 1. The third kappa shape index (κ3) is 5.43. The predicted octanol–water partition coefficient (Wildman–Crippen LogP) is 4.93. The van der Waals surface area contributed by atoms with Crippen molar-refractivity contribution >= 4 is 28.6 Å². The van der Waals surface area contributed by atoms with Gasteiger partial charge in [-0.2, -0.15) is 0 Å². The molecule has 3 aromatic carbocycles. The van der Waals surface area contributed by atoms with E-state index in [1.165, 1.54) is 0 Å². The second kappa shape index (κ2) is 10.7. The van der Waals surface area contributed by atoms with Crippen LogP contribution >= 0.6 is 0 Å². The van der Waals surface area contributed by atoms with E-state index in [1.54, 1.807) is 30.3 Å². The molecule has 0 spiro atoms. The summed E-state index contributed by atoms with van der Waals surface area (Å²) < 4.78 is 18.3. The Morgan fingerprint density at radius 1 is 0.943 bits per heavy atom. The molecule has 4 aromatic rings. The number of hydrogen-bond donors (Lipinski definition) is 1. The van der Waals surface area contributed by atoms with Crippen LogP contribution in [0, 0.1) is 6.92 Å². The Morgan fingerprint density at radius 3 is 2.46 bits per heavy atom. The number of carbonyl (C=O) groups is 2. The summed E-state index contributed by atoms with van der Waals surface area (Å²) in [5.74, 6) is 0.808. The monoisotopic (exact) mass is 473 g/mol. The summed E-state index contributed by atoms with van der Waals surface area (Å²) in [5, 5.41) is 2.72. The van der Waals surface area contributed by atoms with E-state index in [-0.39, 0.29) is 0 Å². The third-order valence-corrected chi connectivity index (χ3v) is 5.24. The molecular weight excluding hydrogens is 446 g/mol. The van der Waals surface area contributed by atoms with E-state index >= 15 is 0 Å². The minimum atomic E-state index is -0.609. The van der Waals surface area contributed by atoms with Gasteiger partial charge in [-0.1, -0.05) is 18.2 Å². The van der Waals surface area contributed by atoms with Crippen molar-refractivity contribution in [2.75, 3.05) is 25.1 Å². The molecule has 0 aliphatic rings. The van der Waals surface area contributed by atoms with Crippen LogP contribution in [0.4, 0.5) is 5.69 Å². The number of nitrogens with zero attached hydrogens (tertiary/aromatic N) is 2. The molecule has 1 amide bonds. The van der Waals surface area contributed by atoms with Crippen molar-refractivity contribution in [1.29, 1.82) is 0 Å². The first kappa shape index (κ1) is 23.8. The molecule has 0 bridgehead atoms. The zero-order valence-electron chi connectivity index (χ0n) is 19.9. The van der Waals surface area contributed by atoms with Crippen molar-refractivity contribution in [2.45, 2.75) is 20.8 Å². The number of imidazole rings is 1. The molecule has 4 rings (SSSR count). The molecule has 0 saturated heterocycles. The highest BCUT2D eigenvalue weighted by atomic mass is 16.5. The van der Waals surface area contributed by atoms with Crippen LogP contribution in [0.25, 0.3) is 16.7 Å². The highest BCUT2D eigenvalue weighted by Crippen LogP contribution is 2.29. The topological polar surface area (TPSA) is 91.7 Å². The average Bonchev–Trinajstić information content (AvgIpc) is 3.19. The normalized spacial score (nSPS) is 10.7. The van der Waals surface area contributed by atoms with Gasteiger partial charge in [-0.25, -0.2) is 9.78 Å². The Bertz CT molecular complexity index is 1350. The average molecular weight is 474 g/mol. The molecular formula is C27H27N3O5. The predicted molar refractivity (Wildman–Crippen MR) is 133 cm³/mol. The van der Waals surface area contributed by atoms with Crippen molar-refractivity contribution in [1.82, 2.24) is 9.55 Å². The zero-order chi connectivity index (χ0) is 24.8. The summed E-state index contributed by atoms with van der Waals surface area (Å²) in [6.07, 6.45) is 0. The number of fused-ring (bicyclic) bond motifs is 1. The van der Waals surface area contributed by atoms with Gasteiger partial charge in [-0.05, 0) is 63.2 Å². The second-order valence-corrected chi connectivity index (χ2v) is 7.68. The van der Waals surface area contributed by atoms with E-state index in [2.05, 4.69) is 10.3 Å². The maximum absolute atomic E-state index is 12.6. The van der Waals surface area contributed by atoms with Crippen LogP contribution < -0.4 is 14.8 Å². The Balaban J connectivity index is 1.44. The molecule has 8 nitrogen and oxygen atoms in total. The number of benzene rings is 3. The summed E-state index contributed by atoms with van der Waals surface area (Å²) >= 11 is 0. The number of carbonyl (C=O) groups excluding carboxylic acids is 2.